The van der Waals surface area contributed by atoms with E-state index in [1.54, 1.807) is 52.0 Å². The summed E-state index contributed by atoms with van der Waals surface area (Å²) in [6, 6.07) is -2.91. The van der Waals surface area contributed by atoms with Gasteiger partial charge in [0.2, 0.25) is 41.4 Å². The Morgan fingerprint density at radius 2 is 1.58 bits per heavy atom. The maximum Gasteiger partial charge on any atom is 0.329 e. The van der Waals surface area contributed by atoms with Gasteiger partial charge in [-0.15, -0.1) is 0 Å². The number of piperidine rings is 1. The van der Waals surface area contributed by atoms with E-state index in [1.807, 2.05) is 0 Å². The molecule has 3 saturated heterocycles. The number of ether oxygens (including phenoxy) is 2. The largest absolute Gasteiger partial charge is 0.497 e. The number of aliphatic hydroxyl groups excluding tert-OH is 2. The maximum atomic E-state index is 14.5. The summed E-state index contributed by atoms with van der Waals surface area (Å²) in [6.45, 7) is 9.68. The molecule has 2 bridgehead atoms. The van der Waals surface area contributed by atoms with Crippen molar-refractivity contribution in [3.8, 4) is 5.75 Å². The van der Waals surface area contributed by atoms with Crippen molar-refractivity contribution >= 4 is 47.3 Å². The fourth-order valence-corrected chi connectivity index (χ4v) is 7.61. The molecule has 7 amide bonds. The summed E-state index contributed by atoms with van der Waals surface area (Å²) in [7, 11) is 2.79. The average molecular weight is 844 g/mol. The quantitative estimate of drug-likeness (QED) is 0.140. The van der Waals surface area contributed by atoms with Gasteiger partial charge in [-0.1, -0.05) is 46.2 Å². The fourth-order valence-electron chi connectivity index (χ4n) is 7.61. The summed E-state index contributed by atoms with van der Waals surface area (Å²) in [4.78, 5) is 113. The summed E-state index contributed by atoms with van der Waals surface area (Å²) >= 11 is 0. The van der Waals surface area contributed by atoms with Crippen molar-refractivity contribution in [2.24, 2.45) is 11.8 Å². The van der Waals surface area contributed by atoms with Gasteiger partial charge in [-0.2, -0.15) is 0 Å². The number of fused-ring (bicyclic) bond motifs is 2. The van der Waals surface area contributed by atoms with E-state index < -0.39 is 108 Å². The van der Waals surface area contributed by atoms with Crippen LogP contribution in [-0.2, 0) is 49.5 Å². The summed E-state index contributed by atoms with van der Waals surface area (Å²) in [5, 5.41) is 35.4. The first kappa shape index (κ1) is 47.4. The first-order valence-corrected chi connectivity index (χ1v) is 20.6. The van der Waals surface area contributed by atoms with Crippen LogP contribution in [0, 0.1) is 11.8 Å². The number of benzene rings is 1. The number of amides is 7. The van der Waals surface area contributed by atoms with Crippen molar-refractivity contribution in [2.45, 2.75) is 147 Å². The molecule has 19 nitrogen and oxygen atoms in total. The van der Waals surface area contributed by atoms with Crippen molar-refractivity contribution in [3.05, 3.63) is 29.8 Å². The van der Waals surface area contributed by atoms with E-state index in [9.17, 15) is 48.6 Å². The highest BCUT2D eigenvalue weighted by Gasteiger charge is 2.47. The molecular weight excluding hydrogens is 782 g/mol. The predicted octanol–water partition coefficient (Wildman–Crippen LogP) is -0.990. The van der Waals surface area contributed by atoms with Crippen LogP contribution in [0.5, 0.6) is 5.75 Å². The number of esters is 1. The number of rotatable bonds is 10. The fraction of sp³-hybridized carbons (Fsp3) is 0.659. The molecule has 332 valence electrons. The van der Waals surface area contributed by atoms with Gasteiger partial charge in [0.15, 0.2) is 0 Å². The number of cyclic esters (lactones) is 1. The summed E-state index contributed by atoms with van der Waals surface area (Å²) in [6.07, 6.45) is -4.14. The van der Waals surface area contributed by atoms with Crippen molar-refractivity contribution in [2.75, 3.05) is 14.2 Å². The second kappa shape index (κ2) is 20.8. The highest BCUT2D eigenvalue weighted by atomic mass is 16.5. The summed E-state index contributed by atoms with van der Waals surface area (Å²) < 4.78 is 11.1. The van der Waals surface area contributed by atoms with Gasteiger partial charge in [-0.05, 0) is 69.1 Å². The third kappa shape index (κ3) is 11.5. The molecule has 0 aliphatic carbocycles. The van der Waals surface area contributed by atoms with Crippen LogP contribution in [0.1, 0.15) is 85.6 Å². The Morgan fingerprint density at radius 3 is 2.15 bits per heavy atom. The Hall–Kier alpha value is -5.30. The minimum Gasteiger partial charge on any atom is -0.497 e. The number of aliphatic hydroxyl groups is 2. The molecule has 3 heterocycles. The van der Waals surface area contributed by atoms with Gasteiger partial charge in [0.05, 0.1) is 13.2 Å². The van der Waals surface area contributed by atoms with Gasteiger partial charge < -0.3 is 56.1 Å². The van der Waals surface area contributed by atoms with E-state index in [1.165, 1.54) is 28.0 Å². The molecular formula is C41H61N7O12. The van der Waals surface area contributed by atoms with E-state index in [-0.39, 0.29) is 50.4 Å². The minimum absolute atomic E-state index is 0.0561. The lowest BCUT2D eigenvalue weighted by molar-refractivity contribution is -0.170. The van der Waals surface area contributed by atoms with Crippen LogP contribution in [0.4, 0.5) is 0 Å². The van der Waals surface area contributed by atoms with Crippen LogP contribution in [0.25, 0.3) is 0 Å². The zero-order valence-electron chi connectivity index (χ0n) is 35.6. The van der Waals surface area contributed by atoms with E-state index in [4.69, 9.17) is 9.47 Å². The third-order valence-corrected chi connectivity index (χ3v) is 11.4. The highest BCUT2D eigenvalue weighted by Crippen LogP contribution is 2.25. The zero-order valence-corrected chi connectivity index (χ0v) is 35.6. The lowest BCUT2D eigenvalue weighted by Crippen LogP contribution is -2.67. The van der Waals surface area contributed by atoms with E-state index >= 15 is 0 Å². The van der Waals surface area contributed by atoms with Crippen molar-refractivity contribution in [3.63, 3.8) is 0 Å². The average Bonchev–Trinajstić information content (AvgIpc) is 3.64. The zero-order chi connectivity index (χ0) is 44.6. The number of nitrogens with one attached hydrogen (secondary N) is 5. The molecule has 0 spiro atoms. The summed E-state index contributed by atoms with van der Waals surface area (Å²) in [5.74, 6) is -6.56. The van der Waals surface area contributed by atoms with Gasteiger partial charge in [-0.3, -0.25) is 33.6 Å². The molecule has 7 N–H and O–H groups in total. The Balaban J connectivity index is 1.84. The van der Waals surface area contributed by atoms with Crippen LogP contribution in [0.15, 0.2) is 24.3 Å². The molecule has 4 rings (SSSR count). The first-order chi connectivity index (χ1) is 28.3. The molecule has 0 aromatic heterocycles. The molecule has 0 radical (unpaired) electrons. The standard InChI is InChI=1S/C41H61N7O12/c1-9-21(4)32-41(58)60-23(6)33(46-35(52)26-14-16-30(50)42-26)38(55)44-28(18-20(2)3)36(53)43-27-15-17-31(51)48(39(27)56)34(22(5)49)40(57)47(7)29(37(54)45-32)19-24-10-12-25(59-8)13-11-24/h10-13,20-23,26-29,31-34,49,51H,9,14-19H2,1-8H3,(H,42,50)(H,43,53)(H,44,55)(H,45,54)(H,46,52)/t21-,22-,23+,26?,27-,28-,29-,31+,32-,33-,34+/m0/s1. The van der Waals surface area contributed by atoms with Crippen molar-refractivity contribution in [1.29, 1.82) is 0 Å². The van der Waals surface area contributed by atoms with Crippen LogP contribution in [0.3, 0.4) is 0 Å². The number of hydrogen-bond donors (Lipinski definition) is 7. The van der Waals surface area contributed by atoms with Gasteiger partial charge in [-0.25, -0.2) is 4.79 Å². The number of nitrogens with zero attached hydrogens (tertiary/aromatic N) is 2. The molecule has 11 atom stereocenters. The van der Waals surface area contributed by atoms with Crippen LogP contribution >= 0.6 is 0 Å². The third-order valence-electron chi connectivity index (χ3n) is 11.4. The Kier molecular flexibility index (Phi) is 16.4. The van der Waals surface area contributed by atoms with Crippen LogP contribution in [-0.4, -0.2) is 142 Å². The molecule has 0 saturated carbocycles. The number of likely N-dealkylation sites (N-methyl/N-ethyl adjacent to an activating group) is 1. The van der Waals surface area contributed by atoms with Gasteiger partial charge in [0, 0.05) is 19.9 Å². The maximum absolute atomic E-state index is 14.5. The molecule has 1 aromatic rings. The smallest absolute Gasteiger partial charge is 0.329 e. The molecule has 3 aliphatic rings. The number of methoxy groups -OCH3 is 1. The first-order valence-electron chi connectivity index (χ1n) is 20.6. The second-order valence-electron chi connectivity index (χ2n) is 16.4. The highest BCUT2D eigenvalue weighted by molar-refractivity contribution is 5.98. The topological polar surface area (TPSA) is 262 Å². The van der Waals surface area contributed by atoms with Gasteiger partial charge in [0.1, 0.15) is 60.4 Å². The van der Waals surface area contributed by atoms with E-state index in [0.717, 1.165) is 9.80 Å². The summed E-state index contributed by atoms with van der Waals surface area (Å²) in [5.41, 5.74) is 0.578. The lowest BCUT2D eigenvalue weighted by Gasteiger charge is -2.43. The number of carbonyl (C=O) groups is 8. The number of carbonyl (C=O) groups excluding carboxylic acids is 8. The number of hydrogen-bond acceptors (Lipinski definition) is 12. The van der Waals surface area contributed by atoms with Gasteiger partial charge >= 0.3 is 5.97 Å². The van der Waals surface area contributed by atoms with Gasteiger partial charge in [0.25, 0.3) is 0 Å². The van der Waals surface area contributed by atoms with E-state index in [0.29, 0.717) is 17.7 Å². The normalized spacial score (nSPS) is 29.9. The monoisotopic (exact) mass is 843 g/mol. The second-order valence-corrected chi connectivity index (χ2v) is 16.4. The Labute approximate surface area is 350 Å². The van der Waals surface area contributed by atoms with E-state index in [2.05, 4.69) is 26.6 Å². The molecule has 3 aliphatic heterocycles. The van der Waals surface area contributed by atoms with Crippen molar-refractivity contribution < 1.29 is 58.0 Å². The van der Waals surface area contributed by atoms with Crippen LogP contribution < -0.4 is 31.3 Å². The lowest BCUT2D eigenvalue weighted by atomic mass is 9.95. The molecule has 1 unspecified atom stereocenters. The van der Waals surface area contributed by atoms with Crippen molar-refractivity contribution in [1.82, 2.24) is 36.4 Å². The Morgan fingerprint density at radius 1 is 0.917 bits per heavy atom. The molecule has 3 fully saturated rings. The SMILES string of the molecule is CC[C@H](C)[C@@H]1NC(=O)[C@H](Cc2ccc(OC)cc2)N(C)C(=O)[C@@H]([C@H](C)O)N2C(=O)[C@H](CC[C@H]2O)NC(=O)[C@H](CC(C)C)NC(=O)[C@@H](NC(=O)C2CCC(=O)N2)[C@@H](C)OC1=O. The molecule has 1 aromatic carbocycles. The predicted molar refractivity (Wildman–Crippen MR) is 214 cm³/mol. The minimum atomic E-state index is -1.72. The van der Waals surface area contributed by atoms with Crippen LogP contribution in [0.2, 0.25) is 0 Å². The molecule has 60 heavy (non-hydrogen) atoms. The molecule has 19 heteroatoms. The Bertz CT molecular complexity index is 1760.